The normalized spacial score (nSPS) is 11.2. The summed E-state index contributed by atoms with van der Waals surface area (Å²) in [6, 6.07) is 0. The second kappa shape index (κ2) is 6.22. The Balaban J connectivity index is 0. The molecule has 0 heterocycles. The molecule has 0 spiro atoms. The molecule has 0 aliphatic carbocycles. The van der Waals surface area contributed by atoms with E-state index in [4.69, 9.17) is 5.11 Å². The van der Waals surface area contributed by atoms with Crippen molar-refractivity contribution in [3.8, 4) is 0 Å². The third kappa shape index (κ3) is 11.7. The third-order valence-electron chi connectivity index (χ3n) is 1.45. The third-order valence-corrected chi connectivity index (χ3v) is 1.45. The number of rotatable bonds is 4. The summed E-state index contributed by atoms with van der Waals surface area (Å²) in [6.45, 7) is 7.99. The van der Waals surface area contributed by atoms with Crippen LogP contribution in [0.25, 0.3) is 0 Å². The summed E-state index contributed by atoms with van der Waals surface area (Å²) in [5, 5.41) is 8.43. The number of carboxylic acid groups (broad SMARTS) is 1. The van der Waals surface area contributed by atoms with Gasteiger partial charge in [-0.1, -0.05) is 20.8 Å². The van der Waals surface area contributed by atoms with Crippen LogP contribution in [0.4, 0.5) is 0 Å². The number of hydrogen-bond donors (Lipinski definition) is 1. The average molecular weight is 210 g/mol. The molecular weight excluding hydrogens is 190 g/mol. The van der Waals surface area contributed by atoms with Crippen LogP contribution in [0.5, 0.6) is 0 Å². The van der Waals surface area contributed by atoms with Crippen LogP contribution < -0.4 is 0 Å². The predicted octanol–water partition coefficient (Wildman–Crippen LogP) is 1.86. The van der Waals surface area contributed by atoms with Gasteiger partial charge in [0.25, 0.3) is 0 Å². The van der Waals surface area contributed by atoms with Gasteiger partial charge in [-0.2, -0.15) is 0 Å². The Morgan fingerprint density at radius 1 is 1.38 bits per heavy atom. The average Bonchev–Trinajstić information content (AvgIpc) is 1.79. The fourth-order valence-corrected chi connectivity index (χ4v) is 1.18. The lowest BCUT2D eigenvalue weighted by Crippen LogP contribution is -2.30. The minimum Gasteiger partial charge on any atom is -0.481 e. The topological polar surface area (TPSA) is 40.5 Å². The summed E-state index contributed by atoms with van der Waals surface area (Å²) in [5.74, 6) is -0.726. The Morgan fingerprint density at radius 2 is 1.85 bits per heavy atom. The molecule has 0 aromatic carbocycles. The van der Waals surface area contributed by atoms with Crippen LogP contribution in [0, 0.1) is 5.41 Å². The first kappa shape index (κ1) is 15.2. The summed E-state index contributed by atoms with van der Waals surface area (Å²) in [5.41, 5.74) is 0.243. The number of aliphatic carboxylic acids is 1. The van der Waals surface area contributed by atoms with E-state index in [1.807, 2.05) is 11.9 Å². The van der Waals surface area contributed by atoms with Crippen LogP contribution in [0.2, 0.25) is 0 Å². The fourth-order valence-electron chi connectivity index (χ4n) is 1.18. The molecular formula is C9H20ClNO2. The second-order valence-electron chi connectivity index (χ2n) is 4.44. The number of hydrogen-bond acceptors (Lipinski definition) is 2. The smallest absolute Gasteiger partial charge is 0.304 e. The van der Waals surface area contributed by atoms with E-state index in [0.29, 0.717) is 6.54 Å². The van der Waals surface area contributed by atoms with Crippen LogP contribution >= 0.6 is 12.4 Å². The zero-order chi connectivity index (χ0) is 9.78. The molecule has 0 atom stereocenters. The molecule has 0 aliphatic heterocycles. The summed E-state index contributed by atoms with van der Waals surface area (Å²) < 4.78 is 0. The maximum absolute atomic E-state index is 10.2. The van der Waals surface area contributed by atoms with Gasteiger partial charge in [-0.3, -0.25) is 4.79 Å². The Hall–Kier alpha value is -0.280. The lowest BCUT2D eigenvalue weighted by Gasteiger charge is -2.25. The number of nitrogens with zero attached hydrogens (tertiary/aromatic N) is 1. The molecule has 0 rings (SSSR count). The summed E-state index contributed by atoms with van der Waals surface area (Å²) in [4.78, 5) is 12.3. The van der Waals surface area contributed by atoms with Gasteiger partial charge in [0.1, 0.15) is 0 Å². The van der Waals surface area contributed by atoms with E-state index in [1.54, 1.807) is 0 Å². The van der Waals surface area contributed by atoms with Crippen molar-refractivity contribution < 1.29 is 9.90 Å². The molecule has 0 aromatic heterocycles. The molecule has 1 N–H and O–H groups in total. The number of halogens is 1. The molecule has 0 saturated carbocycles. The molecule has 4 heteroatoms. The van der Waals surface area contributed by atoms with Crippen LogP contribution in [-0.2, 0) is 4.79 Å². The van der Waals surface area contributed by atoms with Crippen molar-refractivity contribution in [2.45, 2.75) is 27.2 Å². The summed E-state index contributed by atoms with van der Waals surface area (Å²) in [6.07, 6.45) is 0.229. The first-order valence-electron chi connectivity index (χ1n) is 4.21. The van der Waals surface area contributed by atoms with Gasteiger partial charge >= 0.3 is 5.97 Å². The lowest BCUT2D eigenvalue weighted by molar-refractivity contribution is -0.137. The first-order chi connectivity index (χ1) is 5.31. The highest BCUT2D eigenvalue weighted by Gasteiger charge is 2.13. The van der Waals surface area contributed by atoms with Gasteiger partial charge in [0, 0.05) is 13.1 Å². The first-order valence-corrected chi connectivity index (χ1v) is 4.21. The van der Waals surface area contributed by atoms with Crippen molar-refractivity contribution in [1.29, 1.82) is 0 Å². The van der Waals surface area contributed by atoms with Gasteiger partial charge in [-0.25, -0.2) is 0 Å². The van der Waals surface area contributed by atoms with Crippen molar-refractivity contribution in [1.82, 2.24) is 4.90 Å². The van der Waals surface area contributed by atoms with Crippen molar-refractivity contribution in [3.63, 3.8) is 0 Å². The Labute approximate surface area is 86.5 Å². The van der Waals surface area contributed by atoms with Gasteiger partial charge in [-0.05, 0) is 12.5 Å². The quantitative estimate of drug-likeness (QED) is 0.769. The van der Waals surface area contributed by atoms with Crippen molar-refractivity contribution >= 4 is 18.4 Å². The maximum Gasteiger partial charge on any atom is 0.304 e. The fraction of sp³-hybridized carbons (Fsp3) is 0.889. The molecule has 0 fully saturated rings. The van der Waals surface area contributed by atoms with Gasteiger partial charge in [0.2, 0.25) is 0 Å². The zero-order valence-electron chi connectivity index (χ0n) is 8.83. The molecule has 0 aliphatic rings. The van der Waals surface area contributed by atoms with E-state index in [-0.39, 0.29) is 24.2 Å². The van der Waals surface area contributed by atoms with E-state index in [1.165, 1.54) is 0 Å². The summed E-state index contributed by atoms with van der Waals surface area (Å²) in [7, 11) is 1.95. The van der Waals surface area contributed by atoms with Crippen LogP contribution in [-0.4, -0.2) is 36.1 Å². The molecule has 0 aromatic rings. The minimum absolute atomic E-state index is 0. The highest BCUT2D eigenvalue weighted by molar-refractivity contribution is 5.85. The lowest BCUT2D eigenvalue weighted by atomic mass is 9.96. The van der Waals surface area contributed by atoms with Crippen molar-refractivity contribution in [2.24, 2.45) is 5.41 Å². The molecule has 0 radical (unpaired) electrons. The largest absolute Gasteiger partial charge is 0.481 e. The standard InChI is InChI=1S/C9H19NO2.ClH/c1-9(2,3)7-10(4)6-5-8(11)12;/h5-7H2,1-4H3,(H,11,12);1H. The Morgan fingerprint density at radius 3 is 2.15 bits per heavy atom. The zero-order valence-corrected chi connectivity index (χ0v) is 9.65. The van der Waals surface area contributed by atoms with Gasteiger partial charge in [0.15, 0.2) is 0 Å². The molecule has 13 heavy (non-hydrogen) atoms. The van der Waals surface area contributed by atoms with Crippen LogP contribution in [0.1, 0.15) is 27.2 Å². The van der Waals surface area contributed by atoms with Gasteiger partial charge < -0.3 is 10.0 Å². The van der Waals surface area contributed by atoms with Gasteiger partial charge in [0.05, 0.1) is 6.42 Å². The molecule has 80 valence electrons. The SMILES string of the molecule is CN(CCC(=O)O)CC(C)(C)C.Cl. The molecule has 0 bridgehead atoms. The van der Waals surface area contributed by atoms with E-state index in [0.717, 1.165) is 6.54 Å². The highest BCUT2D eigenvalue weighted by atomic mass is 35.5. The van der Waals surface area contributed by atoms with E-state index in [9.17, 15) is 4.79 Å². The summed E-state index contributed by atoms with van der Waals surface area (Å²) >= 11 is 0. The predicted molar refractivity (Wildman–Crippen MR) is 56.5 cm³/mol. The van der Waals surface area contributed by atoms with Crippen molar-refractivity contribution in [3.05, 3.63) is 0 Å². The van der Waals surface area contributed by atoms with E-state index >= 15 is 0 Å². The van der Waals surface area contributed by atoms with Crippen molar-refractivity contribution in [2.75, 3.05) is 20.1 Å². The Bertz CT molecular complexity index is 154. The molecule has 0 unspecified atom stereocenters. The number of carboxylic acids is 1. The van der Waals surface area contributed by atoms with E-state index < -0.39 is 5.97 Å². The molecule has 0 saturated heterocycles. The molecule has 0 amide bonds. The van der Waals surface area contributed by atoms with Gasteiger partial charge in [-0.15, -0.1) is 12.4 Å². The van der Waals surface area contributed by atoms with Crippen LogP contribution in [0.3, 0.4) is 0 Å². The maximum atomic E-state index is 10.2. The number of carbonyl (C=O) groups is 1. The molecule has 3 nitrogen and oxygen atoms in total. The minimum atomic E-state index is -0.726. The second-order valence-corrected chi connectivity index (χ2v) is 4.44. The monoisotopic (exact) mass is 209 g/mol. The van der Waals surface area contributed by atoms with Crippen LogP contribution in [0.15, 0.2) is 0 Å². The Kier molecular flexibility index (Phi) is 7.27. The van der Waals surface area contributed by atoms with E-state index in [2.05, 4.69) is 20.8 Å². The highest BCUT2D eigenvalue weighted by Crippen LogP contribution is 2.13.